The number of halogens is 9. The second-order valence-corrected chi connectivity index (χ2v) is 12.8. The molecule has 0 fully saturated rings. The number of carbonyl (C=O) groups excluding carboxylic acids is 1. The first-order valence-corrected chi connectivity index (χ1v) is 16.0. The van der Waals surface area contributed by atoms with Gasteiger partial charge in [0.05, 0.1) is 52.3 Å². The molecule has 290 valence electrons. The van der Waals surface area contributed by atoms with Crippen LogP contribution in [0.25, 0.3) is 0 Å². The van der Waals surface area contributed by atoms with Gasteiger partial charge in [-0.25, -0.2) is 14.8 Å². The van der Waals surface area contributed by atoms with Gasteiger partial charge in [-0.1, -0.05) is 6.92 Å². The van der Waals surface area contributed by atoms with Gasteiger partial charge in [-0.3, -0.25) is 9.69 Å². The average molecular weight is 767 g/mol. The Morgan fingerprint density at radius 3 is 2.09 bits per heavy atom. The third-order valence-electron chi connectivity index (χ3n) is 8.36. The fraction of sp³-hybridized carbons (Fsp3) is 0.471. The van der Waals surface area contributed by atoms with Crippen molar-refractivity contribution in [2.45, 2.75) is 70.6 Å². The fourth-order valence-electron chi connectivity index (χ4n) is 5.47. The number of alkyl halides is 9. The van der Waals surface area contributed by atoms with Crippen LogP contribution >= 0.6 is 0 Å². The summed E-state index contributed by atoms with van der Waals surface area (Å²) in [7, 11) is 1.36. The van der Waals surface area contributed by atoms with Crippen molar-refractivity contribution < 1.29 is 68.4 Å². The topological polar surface area (TPSA) is 123 Å². The van der Waals surface area contributed by atoms with E-state index >= 15 is 0 Å². The van der Waals surface area contributed by atoms with Crippen LogP contribution in [0, 0.1) is 5.41 Å². The molecule has 19 heteroatoms. The number of anilines is 2. The number of aromatic nitrogens is 2. The molecule has 1 amide bonds. The molecule has 0 unspecified atom stereocenters. The van der Waals surface area contributed by atoms with Crippen molar-refractivity contribution in [3.8, 4) is 5.75 Å². The van der Waals surface area contributed by atoms with E-state index in [1.165, 1.54) is 21.0 Å². The number of fused-ring (bicyclic) bond motifs is 1. The molecule has 1 aromatic heterocycles. The van der Waals surface area contributed by atoms with Gasteiger partial charge in [0.15, 0.2) is 5.75 Å². The highest BCUT2D eigenvalue weighted by molar-refractivity contribution is 5.91. The Morgan fingerprint density at radius 1 is 0.925 bits per heavy atom. The lowest BCUT2D eigenvalue weighted by atomic mass is 9.89. The lowest BCUT2D eigenvalue weighted by Gasteiger charge is -2.40. The van der Waals surface area contributed by atoms with E-state index in [9.17, 15) is 54.2 Å². The standard InChI is InChI=1S/C34H35F9N4O6/c1-5-22-15-24(23-14-19(32(35,36)37)6-7-26(23)47(22)30(50)53-17-31(2,3)28(48)49)45-29-44-16-27(52-9-8-51-4)25(46-29)12-18-10-20(33(38,39)40)13-21(11-18)34(41,42)43/h6-7,10-11,13-14,16,22,24H,5,8-9,12,15,17H2,1-4H3,(H,48,49)(H,44,45,46)/t22-,24+/m1/s1. The summed E-state index contributed by atoms with van der Waals surface area (Å²) in [5.41, 5.74) is -6.23. The molecule has 2 aromatic carbocycles. The van der Waals surface area contributed by atoms with Gasteiger partial charge in [0, 0.05) is 19.6 Å². The molecule has 0 bridgehead atoms. The molecule has 0 saturated heterocycles. The minimum atomic E-state index is -5.11. The maximum absolute atomic E-state index is 13.9. The number of rotatable bonds is 12. The van der Waals surface area contributed by atoms with Crippen LogP contribution in [0.15, 0.2) is 42.6 Å². The monoisotopic (exact) mass is 766 g/mol. The first kappa shape index (κ1) is 41.0. The summed E-state index contributed by atoms with van der Waals surface area (Å²) in [6.07, 6.45) is -15.3. The molecule has 2 atom stereocenters. The minimum Gasteiger partial charge on any atom is -0.488 e. The average Bonchev–Trinajstić information content (AvgIpc) is 3.06. The molecule has 1 aliphatic rings. The second-order valence-electron chi connectivity index (χ2n) is 12.8. The number of aliphatic carboxylic acids is 1. The summed E-state index contributed by atoms with van der Waals surface area (Å²) >= 11 is 0. The molecule has 0 spiro atoms. The maximum atomic E-state index is 13.9. The predicted octanol–water partition coefficient (Wildman–Crippen LogP) is 8.54. The summed E-state index contributed by atoms with van der Waals surface area (Å²) in [6.45, 7) is 3.75. The predicted molar refractivity (Wildman–Crippen MR) is 170 cm³/mol. The summed E-state index contributed by atoms with van der Waals surface area (Å²) in [4.78, 5) is 34.5. The number of methoxy groups -OCH3 is 1. The smallest absolute Gasteiger partial charge is 0.416 e. The number of amides is 1. The molecule has 3 aromatic rings. The van der Waals surface area contributed by atoms with Gasteiger partial charge in [0.25, 0.3) is 0 Å². The molecular weight excluding hydrogens is 731 g/mol. The van der Waals surface area contributed by atoms with Crippen LogP contribution in [0.2, 0.25) is 0 Å². The third-order valence-corrected chi connectivity index (χ3v) is 8.36. The van der Waals surface area contributed by atoms with Crippen molar-refractivity contribution in [1.82, 2.24) is 9.97 Å². The van der Waals surface area contributed by atoms with Gasteiger partial charge < -0.3 is 24.6 Å². The van der Waals surface area contributed by atoms with Gasteiger partial charge >= 0.3 is 30.6 Å². The van der Waals surface area contributed by atoms with Crippen molar-refractivity contribution in [2.24, 2.45) is 5.41 Å². The number of hydrogen-bond acceptors (Lipinski definition) is 8. The molecular formula is C34H35F9N4O6. The number of carbonyl (C=O) groups is 2. The van der Waals surface area contributed by atoms with E-state index in [2.05, 4.69) is 15.3 Å². The number of ether oxygens (including phenoxy) is 3. The van der Waals surface area contributed by atoms with Crippen LogP contribution in [0.3, 0.4) is 0 Å². The van der Waals surface area contributed by atoms with Crippen molar-refractivity contribution in [3.63, 3.8) is 0 Å². The van der Waals surface area contributed by atoms with E-state index in [1.54, 1.807) is 6.92 Å². The van der Waals surface area contributed by atoms with Gasteiger partial charge in [-0.15, -0.1) is 0 Å². The van der Waals surface area contributed by atoms with E-state index in [-0.39, 0.29) is 60.8 Å². The fourth-order valence-corrected chi connectivity index (χ4v) is 5.47. The number of hydrogen-bond donors (Lipinski definition) is 2. The zero-order valence-electron chi connectivity index (χ0n) is 28.7. The van der Waals surface area contributed by atoms with E-state index < -0.39 is 83.4 Å². The Labute approximate surface area is 297 Å². The summed E-state index contributed by atoms with van der Waals surface area (Å²) < 4.78 is 139. The number of carboxylic acid groups (broad SMARTS) is 1. The summed E-state index contributed by atoms with van der Waals surface area (Å²) in [5, 5.41) is 12.3. The summed E-state index contributed by atoms with van der Waals surface area (Å²) in [5.74, 6) is -1.62. The number of carboxylic acids is 1. The molecule has 2 heterocycles. The van der Waals surface area contributed by atoms with Crippen LogP contribution in [-0.4, -0.2) is 60.1 Å². The molecule has 2 N–H and O–H groups in total. The second kappa shape index (κ2) is 15.7. The number of benzene rings is 2. The first-order valence-electron chi connectivity index (χ1n) is 16.0. The van der Waals surface area contributed by atoms with E-state index in [1.807, 2.05) is 0 Å². The van der Waals surface area contributed by atoms with Gasteiger partial charge in [-0.2, -0.15) is 39.5 Å². The van der Waals surface area contributed by atoms with E-state index in [0.29, 0.717) is 12.1 Å². The largest absolute Gasteiger partial charge is 0.488 e. The van der Waals surface area contributed by atoms with Crippen LogP contribution < -0.4 is 15.0 Å². The molecule has 4 rings (SSSR count). The van der Waals surface area contributed by atoms with E-state index in [0.717, 1.165) is 29.3 Å². The quantitative estimate of drug-likeness (QED) is 0.138. The minimum absolute atomic E-state index is 0.00937. The Kier molecular flexibility index (Phi) is 12.1. The lowest BCUT2D eigenvalue weighted by Crippen LogP contribution is -2.47. The molecule has 10 nitrogen and oxygen atoms in total. The highest BCUT2D eigenvalue weighted by Gasteiger charge is 2.41. The zero-order chi connectivity index (χ0) is 39.5. The van der Waals surface area contributed by atoms with Crippen molar-refractivity contribution in [2.75, 3.05) is 37.1 Å². The van der Waals surface area contributed by atoms with Gasteiger partial charge in [0.1, 0.15) is 13.2 Å². The molecule has 0 radical (unpaired) electrons. The van der Waals surface area contributed by atoms with Crippen LogP contribution in [0.5, 0.6) is 5.75 Å². The highest BCUT2D eigenvalue weighted by Crippen LogP contribution is 2.43. The summed E-state index contributed by atoms with van der Waals surface area (Å²) in [6, 6.07) is 1.98. The van der Waals surface area contributed by atoms with Crippen molar-refractivity contribution >= 4 is 23.7 Å². The molecule has 1 aliphatic heterocycles. The molecule has 0 saturated carbocycles. The maximum Gasteiger partial charge on any atom is 0.416 e. The number of nitrogens with zero attached hydrogens (tertiary/aromatic N) is 3. The van der Waals surface area contributed by atoms with Crippen LogP contribution in [-0.2, 0) is 39.2 Å². The first-order chi connectivity index (χ1) is 24.5. The lowest BCUT2D eigenvalue weighted by molar-refractivity contribution is -0.149. The van der Waals surface area contributed by atoms with Crippen molar-refractivity contribution in [1.29, 1.82) is 0 Å². The Balaban J connectivity index is 1.77. The SMILES string of the molecule is CC[C@@H]1C[C@H](Nc2ncc(OCCOC)c(Cc3cc(C(F)(F)F)cc(C(F)(F)F)c3)n2)c2cc(C(F)(F)F)ccc2N1C(=O)OCC(C)(C)C(=O)O. The van der Waals surface area contributed by atoms with Crippen molar-refractivity contribution in [3.05, 3.63) is 76.1 Å². The van der Waals surface area contributed by atoms with Crippen LogP contribution in [0.4, 0.5) is 55.9 Å². The third kappa shape index (κ3) is 10.00. The van der Waals surface area contributed by atoms with Gasteiger partial charge in [-0.05, 0) is 74.2 Å². The Bertz CT molecular complexity index is 1770. The normalized spacial score (nSPS) is 16.6. The van der Waals surface area contributed by atoms with Crippen LogP contribution in [0.1, 0.15) is 73.2 Å². The zero-order valence-corrected chi connectivity index (χ0v) is 28.7. The molecule has 53 heavy (non-hydrogen) atoms. The van der Waals surface area contributed by atoms with Gasteiger partial charge in [0.2, 0.25) is 5.95 Å². The number of nitrogens with one attached hydrogen (secondary N) is 1. The Hall–Kier alpha value is -4.81. The van der Waals surface area contributed by atoms with E-state index in [4.69, 9.17) is 14.2 Å². The Morgan fingerprint density at radius 2 is 1.55 bits per heavy atom. The molecule has 0 aliphatic carbocycles. The highest BCUT2D eigenvalue weighted by atomic mass is 19.4.